The first-order chi connectivity index (χ1) is 6.59. The highest BCUT2D eigenvalue weighted by molar-refractivity contribution is 5.89. The van der Waals surface area contributed by atoms with Gasteiger partial charge in [0, 0.05) is 13.1 Å². The van der Waals surface area contributed by atoms with Crippen LogP contribution in [0.25, 0.3) is 11.0 Å². The summed E-state index contributed by atoms with van der Waals surface area (Å²) < 4.78 is 14.2. The molecule has 0 bridgehead atoms. The number of rotatable bonds is 1. The fraction of sp³-hybridized carbons (Fsp3) is 0.111. The van der Waals surface area contributed by atoms with Gasteiger partial charge >= 0.3 is 5.97 Å². The largest absolute Gasteiger partial charge is 0.475 e. The smallest absolute Gasteiger partial charge is 0.372 e. The Labute approximate surface area is 78.6 Å². The minimum Gasteiger partial charge on any atom is -0.475 e. The van der Waals surface area contributed by atoms with Gasteiger partial charge in [0.05, 0.1) is 11.0 Å². The summed E-state index contributed by atoms with van der Waals surface area (Å²) in [6.07, 6.45) is 0. The maximum absolute atomic E-state index is 12.8. The van der Waals surface area contributed by atoms with Crippen molar-refractivity contribution in [2.75, 3.05) is 0 Å². The number of aromatic nitrogens is 2. The van der Waals surface area contributed by atoms with Crippen LogP contribution in [0.3, 0.4) is 0 Å². The van der Waals surface area contributed by atoms with Gasteiger partial charge in [0.2, 0.25) is 5.82 Å². The summed E-state index contributed by atoms with van der Waals surface area (Å²) in [7, 11) is 1.58. The first kappa shape index (κ1) is 8.68. The lowest BCUT2D eigenvalue weighted by Crippen LogP contribution is -2.05. The van der Waals surface area contributed by atoms with Crippen molar-refractivity contribution in [3.8, 4) is 0 Å². The molecule has 1 heterocycles. The monoisotopic (exact) mass is 194 g/mol. The Hall–Kier alpha value is -1.91. The molecular formula is C9H7FN2O2. The molecule has 0 saturated heterocycles. The van der Waals surface area contributed by atoms with Crippen molar-refractivity contribution in [3.63, 3.8) is 0 Å². The fourth-order valence-electron chi connectivity index (χ4n) is 1.36. The Bertz CT molecular complexity index is 519. The average molecular weight is 194 g/mol. The van der Waals surface area contributed by atoms with Crippen molar-refractivity contribution >= 4 is 17.0 Å². The van der Waals surface area contributed by atoms with Crippen LogP contribution in [0.15, 0.2) is 18.2 Å². The second-order valence-corrected chi connectivity index (χ2v) is 2.93. The number of fused-ring (bicyclic) bond motifs is 1. The van der Waals surface area contributed by atoms with E-state index in [-0.39, 0.29) is 5.82 Å². The molecule has 0 fully saturated rings. The Morgan fingerprint density at radius 1 is 1.57 bits per heavy atom. The van der Waals surface area contributed by atoms with Crippen molar-refractivity contribution in [2.45, 2.75) is 0 Å². The quantitative estimate of drug-likeness (QED) is 0.746. The number of carbonyl (C=O) groups is 1. The molecule has 0 amide bonds. The Balaban J connectivity index is 2.79. The first-order valence-corrected chi connectivity index (χ1v) is 3.95. The molecule has 4 nitrogen and oxygen atoms in total. The second kappa shape index (κ2) is 2.80. The van der Waals surface area contributed by atoms with Crippen LogP contribution in [0, 0.1) is 5.82 Å². The molecule has 0 unspecified atom stereocenters. The minimum atomic E-state index is -1.12. The van der Waals surface area contributed by atoms with Gasteiger partial charge in [0.1, 0.15) is 5.82 Å². The van der Waals surface area contributed by atoms with Gasteiger partial charge in [0.15, 0.2) is 0 Å². The molecule has 0 aliphatic rings. The van der Waals surface area contributed by atoms with Crippen LogP contribution < -0.4 is 0 Å². The molecule has 5 heteroatoms. The summed E-state index contributed by atoms with van der Waals surface area (Å²) in [5, 5.41) is 8.76. The molecule has 14 heavy (non-hydrogen) atoms. The molecule has 0 radical (unpaired) electrons. The van der Waals surface area contributed by atoms with Crippen LogP contribution in [0.4, 0.5) is 4.39 Å². The number of aryl methyl sites for hydroxylation is 1. The molecule has 1 N–H and O–H groups in total. The van der Waals surface area contributed by atoms with E-state index in [2.05, 4.69) is 4.98 Å². The summed E-state index contributed by atoms with van der Waals surface area (Å²) in [5.41, 5.74) is 0.953. The van der Waals surface area contributed by atoms with E-state index in [1.165, 1.54) is 22.8 Å². The lowest BCUT2D eigenvalue weighted by Gasteiger charge is -1.95. The van der Waals surface area contributed by atoms with Gasteiger partial charge in [0.25, 0.3) is 0 Å². The number of imidazole rings is 1. The fourth-order valence-corrected chi connectivity index (χ4v) is 1.36. The highest BCUT2D eigenvalue weighted by Gasteiger charge is 2.13. The molecular weight excluding hydrogens is 187 g/mol. The maximum Gasteiger partial charge on any atom is 0.372 e. The van der Waals surface area contributed by atoms with Crippen LogP contribution in [-0.4, -0.2) is 20.6 Å². The molecule has 2 aromatic rings. The van der Waals surface area contributed by atoms with E-state index < -0.39 is 11.8 Å². The van der Waals surface area contributed by atoms with E-state index >= 15 is 0 Å². The molecule has 0 spiro atoms. The molecule has 0 atom stereocenters. The standard InChI is InChI=1S/C9H7FN2O2/c1-12-7-3-2-5(10)4-6(7)11-8(12)9(13)14/h2-4H,1H3,(H,13,14). The third kappa shape index (κ3) is 1.14. The molecule has 2 rings (SSSR count). The third-order valence-corrected chi connectivity index (χ3v) is 2.03. The predicted octanol–water partition coefficient (Wildman–Crippen LogP) is 1.41. The number of nitrogens with zero attached hydrogens (tertiary/aromatic N) is 2. The molecule has 0 aliphatic carbocycles. The van der Waals surface area contributed by atoms with Crippen molar-refractivity contribution in [1.29, 1.82) is 0 Å². The number of hydrogen-bond donors (Lipinski definition) is 1. The van der Waals surface area contributed by atoms with Gasteiger partial charge in [-0.2, -0.15) is 0 Å². The van der Waals surface area contributed by atoms with E-state index in [4.69, 9.17) is 5.11 Å². The van der Waals surface area contributed by atoms with E-state index in [1.807, 2.05) is 0 Å². The van der Waals surface area contributed by atoms with Crippen LogP contribution in [0.5, 0.6) is 0 Å². The molecule has 1 aromatic heterocycles. The normalized spacial score (nSPS) is 10.7. The second-order valence-electron chi connectivity index (χ2n) is 2.93. The van der Waals surface area contributed by atoms with Crippen molar-refractivity contribution in [3.05, 3.63) is 29.8 Å². The van der Waals surface area contributed by atoms with Gasteiger partial charge in [-0.15, -0.1) is 0 Å². The van der Waals surface area contributed by atoms with Gasteiger partial charge in [-0.1, -0.05) is 0 Å². The average Bonchev–Trinajstić information content (AvgIpc) is 2.43. The van der Waals surface area contributed by atoms with Crippen LogP contribution in [0.2, 0.25) is 0 Å². The van der Waals surface area contributed by atoms with Crippen LogP contribution in [-0.2, 0) is 7.05 Å². The summed E-state index contributed by atoms with van der Waals surface area (Å²) >= 11 is 0. The van der Waals surface area contributed by atoms with E-state index in [0.29, 0.717) is 11.0 Å². The maximum atomic E-state index is 12.8. The highest BCUT2D eigenvalue weighted by Crippen LogP contribution is 2.15. The Morgan fingerprint density at radius 2 is 2.29 bits per heavy atom. The van der Waals surface area contributed by atoms with Crippen molar-refractivity contribution < 1.29 is 14.3 Å². The van der Waals surface area contributed by atoms with Crippen molar-refractivity contribution in [1.82, 2.24) is 9.55 Å². The molecule has 0 aliphatic heterocycles. The number of hydrogen-bond acceptors (Lipinski definition) is 2. The van der Waals surface area contributed by atoms with E-state index in [9.17, 15) is 9.18 Å². The van der Waals surface area contributed by atoms with Gasteiger partial charge in [-0.3, -0.25) is 0 Å². The highest BCUT2D eigenvalue weighted by atomic mass is 19.1. The van der Waals surface area contributed by atoms with Crippen molar-refractivity contribution in [2.24, 2.45) is 7.05 Å². The van der Waals surface area contributed by atoms with E-state index in [1.54, 1.807) is 7.05 Å². The minimum absolute atomic E-state index is 0.0920. The van der Waals surface area contributed by atoms with Crippen LogP contribution in [0.1, 0.15) is 10.6 Å². The summed E-state index contributed by atoms with van der Waals surface area (Å²) in [5.74, 6) is -1.64. The molecule has 1 aromatic carbocycles. The zero-order valence-electron chi connectivity index (χ0n) is 7.36. The van der Waals surface area contributed by atoms with Crippen LogP contribution >= 0.6 is 0 Å². The predicted molar refractivity (Wildman–Crippen MR) is 47.6 cm³/mol. The number of benzene rings is 1. The Kier molecular flexibility index (Phi) is 1.73. The first-order valence-electron chi connectivity index (χ1n) is 3.95. The molecule has 72 valence electrons. The number of carboxylic acid groups (broad SMARTS) is 1. The Morgan fingerprint density at radius 3 is 2.93 bits per heavy atom. The topological polar surface area (TPSA) is 55.1 Å². The number of carboxylic acids is 1. The van der Waals surface area contributed by atoms with Gasteiger partial charge in [-0.25, -0.2) is 14.2 Å². The summed E-state index contributed by atoms with van der Waals surface area (Å²) in [4.78, 5) is 14.5. The summed E-state index contributed by atoms with van der Waals surface area (Å²) in [6.45, 7) is 0. The lowest BCUT2D eigenvalue weighted by atomic mass is 10.3. The zero-order valence-corrected chi connectivity index (χ0v) is 7.36. The number of halogens is 1. The SMILES string of the molecule is Cn1c(C(=O)O)nc2cc(F)ccc21. The van der Waals surface area contributed by atoms with Gasteiger partial charge < -0.3 is 9.67 Å². The number of aromatic carboxylic acids is 1. The zero-order chi connectivity index (χ0) is 10.3. The lowest BCUT2D eigenvalue weighted by molar-refractivity contribution is 0.0680. The van der Waals surface area contributed by atoms with E-state index in [0.717, 1.165) is 0 Å². The third-order valence-electron chi connectivity index (χ3n) is 2.03. The molecule has 0 saturated carbocycles. The summed E-state index contributed by atoms with van der Waals surface area (Å²) in [6, 6.07) is 3.99. The van der Waals surface area contributed by atoms with Gasteiger partial charge in [-0.05, 0) is 12.1 Å².